The number of nitrogens with one attached hydrogen (secondary N) is 8. The lowest BCUT2D eigenvalue weighted by Crippen LogP contribution is -2.61. The molecule has 30 nitrogen and oxygen atoms in total. The molecule has 0 fully saturated rings. The standard InChI is InChI=1S/C47H70N10O20/c1-22(2)18-30(44(73)52-28(12-16-35(62)63)41(70)55-31(19-24-8-6-5-7-9-24)45(74)56-32(47(76)77)20-37(66)67)54-42(71)29(13-17-36(64)65)53-46(75)38(23(3)4)57-43(72)26(10-14-33(49)59)51-40(69)27(11-15-34(60)61)50-39(68)25(48)21-58/h5-9,22-23,25-32,38,58H,10-21,48H2,1-4H3,(H2,49,59)(H,50,68)(H,51,69)(H,52,73)(H,53,75)(H,54,71)(H,55,70)(H,56,74)(H,57,72)(H,60,61)(H,62,63)(H,64,65)(H,66,67)(H,76,77)/t25-,26-,27-,28-,29-,30-,31-,32-,38-/m0/s1. The molecule has 0 aliphatic carbocycles. The number of aliphatic hydroxyl groups is 1. The number of rotatable bonds is 37. The first-order valence-electron chi connectivity index (χ1n) is 24.2. The second kappa shape index (κ2) is 33.6. The third-order valence-corrected chi connectivity index (χ3v) is 11.2. The van der Waals surface area contributed by atoms with E-state index in [1.165, 1.54) is 13.8 Å². The second-order valence-electron chi connectivity index (χ2n) is 18.5. The van der Waals surface area contributed by atoms with Crippen LogP contribution < -0.4 is 54.0 Å². The number of carboxylic acid groups (broad SMARTS) is 5. The van der Waals surface area contributed by atoms with Gasteiger partial charge in [-0.15, -0.1) is 0 Å². The summed E-state index contributed by atoms with van der Waals surface area (Å²) in [5, 5.41) is 74.7. The predicted molar refractivity (Wildman–Crippen MR) is 264 cm³/mol. The molecule has 1 rings (SSSR count). The van der Waals surface area contributed by atoms with E-state index in [-0.39, 0.29) is 12.8 Å². The molecule has 18 N–H and O–H groups in total. The zero-order valence-corrected chi connectivity index (χ0v) is 42.8. The molecule has 0 bridgehead atoms. The maximum absolute atomic E-state index is 14.1. The first-order valence-corrected chi connectivity index (χ1v) is 24.2. The van der Waals surface area contributed by atoms with Crippen molar-refractivity contribution in [3.05, 3.63) is 35.9 Å². The number of primary amides is 1. The number of benzene rings is 1. The van der Waals surface area contributed by atoms with Gasteiger partial charge in [-0.25, -0.2) is 4.79 Å². The highest BCUT2D eigenvalue weighted by atomic mass is 16.4. The molecule has 77 heavy (non-hydrogen) atoms. The molecule has 428 valence electrons. The first kappa shape index (κ1) is 66.7. The summed E-state index contributed by atoms with van der Waals surface area (Å²) in [5.41, 5.74) is 11.2. The number of hydrogen-bond donors (Lipinski definition) is 16. The minimum absolute atomic E-state index is 0.193. The summed E-state index contributed by atoms with van der Waals surface area (Å²) >= 11 is 0. The number of carbonyl (C=O) groups excluding carboxylic acids is 9. The van der Waals surface area contributed by atoms with Crippen LogP contribution in [0.15, 0.2) is 30.3 Å². The first-order chi connectivity index (χ1) is 35.9. The van der Waals surface area contributed by atoms with Crippen molar-refractivity contribution in [1.29, 1.82) is 0 Å². The molecule has 0 unspecified atom stereocenters. The highest BCUT2D eigenvalue weighted by Gasteiger charge is 2.37. The zero-order valence-electron chi connectivity index (χ0n) is 42.8. The van der Waals surface area contributed by atoms with Crippen LogP contribution in [0.3, 0.4) is 0 Å². The van der Waals surface area contributed by atoms with E-state index in [0.717, 1.165) is 0 Å². The van der Waals surface area contributed by atoms with E-state index in [1.54, 1.807) is 44.2 Å². The number of carbonyl (C=O) groups is 14. The normalized spacial score (nSPS) is 14.5. The Hall–Kier alpha value is -8.28. The lowest BCUT2D eigenvalue weighted by Gasteiger charge is -2.29. The van der Waals surface area contributed by atoms with Crippen LogP contribution >= 0.6 is 0 Å². The maximum atomic E-state index is 14.1. The van der Waals surface area contributed by atoms with Gasteiger partial charge in [0.1, 0.15) is 54.4 Å². The molecule has 0 aliphatic rings. The molecular weight excluding hydrogens is 1020 g/mol. The molecular formula is C47H70N10O20. The topological polar surface area (TPSA) is 509 Å². The molecule has 0 saturated carbocycles. The van der Waals surface area contributed by atoms with Gasteiger partial charge >= 0.3 is 29.8 Å². The largest absolute Gasteiger partial charge is 0.481 e. The minimum atomic E-state index is -1.94. The quantitative estimate of drug-likeness (QED) is 0.0299. The SMILES string of the molecule is CC(C)C[C@H](NC(=O)[C@H](CCC(=O)O)NC(=O)[C@@H](NC(=O)[C@H](CCC(N)=O)NC(=O)[C@H](CCC(=O)O)NC(=O)[C@@H](N)CO)C(C)C)C(=O)N[C@@H](CCC(=O)O)C(=O)N[C@@H](Cc1ccccc1)C(=O)N[C@@H](CC(=O)O)C(=O)O. The summed E-state index contributed by atoms with van der Waals surface area (Å²) in [6, 6.07) is -7.26. The predicted octanol–water partition coefficient (Wildman–Crippen LogP) is -4.45. The van der Waals surface area contributed by atoms with Gasteiger partial charge in [0.05, 0.1) is 13.0 Å². The second-order valence-corrected chi connectivity index (χ2v) is 18.5. The lowest BCUT2D eigenvalue weighted by molar-refractivity contribution is -0.147. The summed E-state index contributed by atoms with van der Waals surface area (Å²) in [6.45, 7) is 5.28. The molecule has 0 saturated heterocycles. The van der Waals surface area contributed by atoms with Crippen molar-refractivity contribution in [2.45, 2.75) is 153 Å². The summed E-state index contributed by atoms with van der Waals surface area (Å²) in [7, 11) is 0. The van der Waals surface area contributed by atoms with E-state index in [4.69, 9.17) is 11.5 Å². The molecule has 1 aromatic carbocycles. The average molecular weight is 1100 g/mol. The van der Waals surface area contributed by atoms with Crippen molar-refractivity contribution in [3.63, 3.8) is 0 Å². The van der Waals surface area contributed by atoms with E-state index >= 15 is 0 Å². The van der Waals surface area contributed by atoms with Crippen LogP contribution in [0.4, 0.5) is 0 Å². The molecule has 9 amide bonds. The number of nitrogens with two attached hydrogens (primary N) is 2. The summed E-state index contributed by atoms with van der Waals surface area (Å²) < 4.78 is 0. The number of carboxylic acids is 5. The van der Waals surface area contributed by atoms with Crippen LogP contribution in [0, 0.1) is 11.8 Å². The van der Waals surface area contributed by atoms with Gasteiger partial charge in [-0.2, -0.15) is 0 Å². The fraction of sp³-hybridized carbons (Fsp3) is 0.574. The number of aliphatic carboxylic acids is 5. The van der Waals surface area contributed by atoms with Crippen molar-refractivity contribution in [3.8, 4) is 0 Å². The van der Waals surface area contributed by atoms with E-state index in [2.05, 4.69) is 42.5 Å². The smallest absolute Gasteiger partial charge is 0.326 e. The third kappa shape index (κ3) is 26.2. The molecule has 9 atom stereocenters. The molecule has 0 heterocycles. The Morgan fingerprint density at radius 1 is 0.455 bits per heavy atom. The van der Waals surface area contributed by atoms with Crippen LogP contribution in [-0.4, -0.2) is 175 Å². The summed E-state index contributed by atoms with van der Waals surface area (Å²) in [5.74, 6) is -18.7. The van der Waals surface area contributed by atoms with Gasteiger partial charge in [-0.1, -0.05) is 58.0 Å². The van der Waals surface area contributed by atoms with Crippen molar-refractivity contribution in [2.75, 3.05) is 6.61 Å². The zero-order chi connectivity index (χ0) is 58.7. The molecule has 0 spiro atoms. The van der Waals surface area contributed by atoms with Crippen molar-refractivity contribution < 1.29 is 97.8 Å². The number of amides is 9. The lowest BCUT2D eigenvalue weighted by atomic mass is 9.99. The van der Waals surface area contributed by atoms with Crippen LogP contribution in [-0.2, 0) is 73.5 Å². The van der Waals surface area contributed by atoms with Crippen molar-refractivity contribution >= 4 is 83.0 Å². The van der Waals surface area contributed by atoms with Crippen molar-refractivity contribution in [1.82, 2.24) is 42.5 Å². The van der Waals surface area contributed by atoms with Crippen LogP contribution in [0.2, 0.25) is 0 Å². The number of aliphatic hydroxyl groups excluding tert-OH is 1. The molecule has 0 aliphatic heterocycles. The van der Waals surface area contributed by atoms with Gasteiger partial charge in [-0.05, 0) is 49.5 Å². The van der Waals surface area contributed by atoms with Gasteiger partial charge in [0.2, 0.25) is 53.2 Å². The summed E-state index contributed by atoms with van der Waals surface area (Å²) in [6.07, 6.45) is -6.48. The maximum Gasteiger partial charge on any atom is 0.326 e. The van der Waals surface area contributed by atoms with Gasteiger partial charge in [-0.3, -0.25) is 62.3 Å². The van der Waals surface area contributed by atoms with E-state index in [9.17, 15) is 97.8 Å². The monoisotopic (exact) mass is 1090 g/mol. The fourth-order valence-electron chi connectivity index (χ4n) is 7.08. The molecule has 0 aromatic heterocycles. The number of hydrogen-bond acceptors (Lipinski definition) is 16. The molecule has 0 radical (unpaired) electrons. The highest BCUT2D eigenvalue weighted by molar-refractivity contribution is 5.99. The third-order valence-electron chi connectivity index (χ3n) is 11.2. The fourth-order valence-corrected chi connectivity index (χ4v) is 7.08. The Morgan fingerprint density at radius 3 is 1.21 bits per heavy atom. The van der Waals surface area contributed by atoms with Crippen molar-refractivity contribution in [2.24, 2.45) is 23.3 Å². The Bertz CT molecular complexity index is 2280. The van der Waals surface area contributed by atoms with Crippen LogP contribution in [0.25, 0.3) is 0 Å². The summed E-state index contributed by atoms with van der Waals surface area (Å²) in [4.78, 5) is 179. The molecule has 30 heteroatoms. The van der Waals surface area contributed by atoms with E-state index in [1.807, 2.05) is 0 Å². The van der Waals surface area contributed by atoms with E-state index in [0.29, 0.717) is 5.56 Å². The Balaban J connectivity index is 3.57. The van der Waals surface area contributed by atoms with Gasteiger partial charge in [0, 0.05) is 32.1 Å². The Labute approximate surface area is 440 Å². The molecule has 1 aromatic rings. The van der Waals surface area contributed by atoms with Crippen LogP contribution in [0.5, 0.6) is 0 Å². The average Bonchev–Trinajstić information content (AvgIpc) is 3.33. The Morgan fingerprint density at radius 2 is 0.818 bits per heavy atom. The minimum Gasteiger partial charge on any atom is -0.481 e. The Kier molecular flexibility index (Phi) is 29.1. The van der Waals surface area contributed by atoms with Gasteiger partial charge < -0.3 is 84.6 Å². The highest BCUT2D eigenvalue weighted by Crippen LogP contribution is 2.13. The van der Waals surface area contributed by atoms with E-state index < -0.39 is 214 Å². The van der Waals surface area contributed by atoms with Gasteiger partial charge in [0.15, 0.2) is 0 Å². The van der Waals surface area contributed by atoms with Crippen LogP contribution in [0.1, 0.15) is 97.5 Å². The van der Waals surface area contributed by atoms with Gasteiger partial charge in [0.25, 0.3) is 0 Å².